The molecule has 25 heavy (non-hydrogen) atoms. The molecule has 2 rings (SSSR count). The van der Waals surface area contributed by atoms with E-state index in [0.29, 0.717) is 13.1 Å². The summed E-state index contributed by atoms with van der Waals surface area (Å²) in [5.41, 5.74) is 2.26. The SMILES string of the molecule is CCCCOc1cccc(CNC(=NC)NCc2ccnn2C)c1.I. The van der Waals surface area contributed by atoms with Crippen LogP contribution in [-0.2, 0) is 20.1 Å². The largest absolute Gasteiger partial charge is 0.494 e. The summed E-state index contributed by atoms with van der Waals surface area (Å²) in [7, 11) is 3.69. The molecule has 1 heterocycles. The summed E-state index contributed by atoms with van der Waals surface area (Å²) in [4.78, 5) is 4.25. The lowest BCUT2D eigenvalue weighted by Gasteiger charge is -2.13. The summed E-state index contributed by atoms with van der Waals surface area (Å²) >= 11 is 0. The molecular weight excluding hydrogens is 429 g/mol. The van der Waals surface area contributed by atoms with Gasteiger partial charge in [0.25, 0.3) is 0 Å². The van der Waals surface area contributed by atoms with Gasteiger partial charge in [0.1, 0.15) is 5.75 Å². The molecule has 0 radical (unpaired) electrons. The average molecular weight is 457 g/mol. The van der Waals surface area contributed by atoms with Crippen LogP contribution in [0.2, 0.25) is 0 Å². The summed E-state index contributed by atoms with van der Waals surface area (Å²) in [6.07, 6.45) is 4.00. The highest BCUT2D eigenvalue weighted by atomic mass is 127. The monoisotopic (exact) mass is 457 g/mol. The maximum Gasteiger partial charge on any atom is 0.191 e. The molecule has 0 saturated heterocycles. The number of nitrogens with zero attached hydrogens (tertiary/aromatic N) is 3. The lowest BCUT2D eigenvalue weighted by molar-refractivity contribution is 0.309. The van der Waals surface area contributed by atoms with Crippen LogP contribution in [0.15, 0.2) is 41.5 Å². The van der Waals surface area contributed by atoms with Crippen LogP contribution in [0.5, 0.6) is 5.75 Å². The quantitative estimate of drug-likeness (QED) is 0.277. The van der Waals surface area contributed by atoms with Crippen molar-refractivity contribution in [1.82, 2.24) is 20.4 Å². The Morgan fingerprint density at radius 3 is 2.72 bits per heavy atom. The maximum atomic E-state index is 5.75. The van der Waals surface area contributed by atoms with E-state index in [0.717, 1.165) is 42.4 Å². The van der Waals surface area contributed by atoms with Crippen molar-refractivity contribution in [3.05, 3.63) is 47.8 Å². The van der Waals surface area contributed by atoms with Gasteiger partial charge in [-0.2, -0.15) is 5.10 Å². The van der Waals surface area contributed by atoms with Gasteiger partial charge in [-0.3, -0.25) is 9.67 Å². The molecule has 138 valence electrons. The summed E-state index contributed by atoms with van der Waals surface area (Å²) in [6.45, 7) is 4.29. The Balaban J connectivity index is 0.00000312. The molecule has 0 saturated carbocycles. The van der Waals surface area contributed by atoms with Crippen molar-refractivity contribution in [2.45, 2.75) is 32.9 Å². The molecule has 0 aliphatic rings. The van der Waals surface area contributed by atoms with E-state index in [4.69, 9.17) is 4.74 Å². The maximum absolute atomic E-state index is 5.75. The first kappa shape index (κ1) is 21.3. The Bertz CT molecular complexity index is 656. The summed E-state index contributed by atoms with van der Waals surface area (Å²) < 4.78 is 7.59. The van der Waals surface area contributed by atoms with Crippen LogP contribution in [-0.4, -0.2) is 29.4 Å². The number of hydrogen-bond acceptors (Lipinski definition) is 3. The molecule has 0 aliphatic carbocycles. The van der Waals surface area contributed by atoms with Crippen LogP contribution >= 0.6 is 24.0 Å². The number of rotatable bonds is 8. The van der Waals surface area contributed by atoms with Gasteiger partial charge < -0.3 is 15.4 Å². The first-order valence-electron chi connectivity index (χ1n) is 8.36. The Labute approximate surface area is 167 Å². The highest BCUT2D eigenvalue weighted by Crippen LogP contribution is 2.13. The van der Waals surface area contributed by atoms with Crippen molar-refractivity contribution in [1.29, 1.82) is 0 Å². The summed E-state index contributed by atoms with van der Waals surface area (Å²) in [6, 6.07) is 10.1. The van der Waals surface area contributed by atoms with Crippen LogP contribution in [0.4, 0.5) is 0 Å². The van der Waals surface area contributed by atoms with Gasteiger partial charge in [0.05, 0.1) is 18.8 Å². The molecule has 7 heteroatoms. The number of aromatic nitrogens is 2. The fourth-order valence-electron chi connectivity index (χ4n) is 2.24. The van der Waals surface area contributed by atoms with Gasteiger partial charge in [-0.25, -0.2) is 0 Å². The number of benzene rings is 1. The van der Waals surface area contributed by atoms with E-state index in [1.807, 2.05) is 29.9 Å². The topological polar surface area (TPSA) is 63.5 Å². The lowest BCUT2D eigenvalue weighted by Crippen LogP contribution is -2.36. The first-order chi connectivity index (χ1) is 11.7. The smallest absolute Gasteiger partial charge is 0.191 e. The van der Waals surface area contributed by atoms with E-state index < -0.39 is 0 Å². The molecule has 0 spiro atoms. The zero-order valence-corrected chi connectivity index (χ0v) is 17.5. The molecule has 1 aromatic carbocycles. The molecule has 0 bridgehead atoms. The van der Waals surface area contributed by atoms with E-state index in [1.165, 1.54) is 0 Å². The Morgan fingerprint density at radius 2 is 2.04 bits per heavy atom. The molecule has 0 aliphatic heterocycles. The third-order valence-electron chi connectivity index (χ3n) is 3.71. The van der Waals surface area contributed by atoms with Crippen molar-refractivity contribution in [2.24, 2.45) is 12.0 Å². The number of aryl methyl sites for hydroxylation is 1. The van der Waals surface area contributed by atoms with Crippen LogP contribution < -0.4 is 15.4 Å². The number of ether oxygens (including phenoxy) is 1. The average Bonchev–Trinajstić information content (AvgIpc) is 3.01. The van der Waals surface area contributed by atoms with Crippen molar-refractivity contribution in [2.75, 3.05) is 13.7 Å². The van der Waals surface area contributed by atoms with Gasteiger partial charge in [0.2, 0.25) is 0 Å². The van der Waals surface area contributed by atoms with E-state index in [1.54, 1.807) is 13.2 Å². The number of nitrogens with one attached hydrogen (secondary N) is 2. The standard InChI is InChI=1S/C18H27N5O.HI/c1-4-5-11-24-17-8-6-7-15(12-17)13-20-18(19-2)21-14-16-9-10-22-23(16)3;/h6-10,12H,4-5,11,13-14H2,1-3H3,(H2,19,20,21);1H. The van der Waals surface area contributed by atoms with Gasteiger partial charge in [-0.15, -0.1) is 24.0 Å². The van der Waals surface area contributed by atoms with Crippen molar-refractivity contribution >= 4 is 29.9 Å². The summed E-state index contributed by atoms with van der Waals surface area (Å²) in [5, 5.41) is 10.8. The number of unbranched alkanes of at least 4 members (excludes halogenated alkanes) is 1. The zero-order chi connectivity index (χ0) is 17.2. The fraction of sp³-hybridized carbons (Fsp3) is 0.444. The second kappa shape index (κ2) is 11.7. The molecule has 2 aromatic rings. The van der Waals surface area contributed by atoms with E-state index >= 15 is 0 Å². The van der Waals surface area contributed by atoms with Gasteiger partial charge in [0.15, 0.2) is 5.96 Å². The third kappa shape index (κ3) is 7.33. The first-order valence-corrected chi connectivity index (χ1v) is 8.36. The highest BCUT2D eigenvalue weighted by Gasteiger charge is 2.02. The second-order valence-electron chi connectivity index (χ2n) is 5.57. The van der Waals surface area contributed by atoms with E-state index in [2.05, 4.69) is 39.8 Å². The van der Waals surface area contributed by atoms with Gasteiger partial charge >= 0.3 is 0 Å². The van der Waals surface area contributed by atoms with Crippen molar-refractivity contribution in [3.63, 3.8) is 0 Å². The molecular formula is C18H28IN5O. The number of guanidine groups is 1. The molecule has 0 atom stereocenters. The highest BCUT2D eigenvalue weighted by molar-refractivity contribution is 14.0. The minimum atomic E-state index is 0. The lowest BCUT2D eigenvalue weighted by atomic mass is 10.2. The van der Waals surface area contributed by atoms with Gasteiger partial charge in [0, 0.05) is 26.8 Å². The minimum absolute atomic E-state index is 0. The molecule has 2 N–H and O–H groups in total. The summed E-state index contributed by atoms with van der Waals surface area (Å²) in [5.74, 6) is 1.68. The number of halogens is 1. The Hall–Kier alpha value is -1.77. The molecule has 0 amide bonds. The fourth-order valence-corrected chi connectivity index (χ4v) is 2.24. The Kier molecular flexibility index (Phi) is 9.98. The zero-order valence-electron chi connectivity index (χ0n) is 15.2. The second-order valence-corrected chi connectivity index (χ2v) is 5.57. The van der Waals surface area contributed by atoms with Crippen LogP contribution in [0.1, 0.15) is 31.0 Å². The van der Waals surface area contributed by atoms with Gasteiger partial charge in [-0.1, -0.05) is 25.5 Å². The predicted octanol–water partition coefficient (Wildman–Crippen LogP) is 3.08. The molecule has 0 unspecified atom stereocenters. The van der Waals surface area contributed by atoms with Crippen LogP contribution in [0.25, 0.3) is 0 Å². The number of aliphatic imine (C=N–C) groups is 1. The molecule has 0 fully saturated rings. The third-order valence-corrected chi connectivity index (χ3v) is 3.71. The van der Waals surface area contributed by atoms with E-state index in [9.17, 15) is 0 Å². The molecule has 1 aromatic heterocycles. The van der Waals surface area contributed by atoms with Crippen LogP contribution in [0.3, 0.4) is 0 Å². The van der Waals surface area contributed by atoms with Crippen molar-refractivity contribution < 1.29 is 4.74 Å². The Morgan fingerprint density at radius 1 is 1.24 bits per heavy atom. The normalized spacial score (nSPS) is 10.9. The van der Waals surface area contributed by atoms with E-state index in [-0.39, 0.29) is 24.0 Å². The molecule has 6 nitrogen and oxygen atoms in total. The van der Waals surface area contributed by atoms with Gasteiger partial charge in [-0.05, 0) is 30.2 Å². The van der Waals surface area contributed by atoms with Crippen LogP contribution in [0, 0.1) is 0 Å². The van der Waals surface area contributed by atoms with Crippen molar-refractivity contribution in [3.8, 4) is 5.75 Å². The minimum Gasteiger partial charge on any atom is -0.494 e. The predicted molar refractivity (Wildman–Crippen MR) is 113 cm³/mol. The number of hydrogen-bond donors (Lipinski definition) is 2.